The van der Waals surface area contributed by atoms with Crippen molar-refractivity contribution in [2.75, 3.05) is 5.32 Å². The summed E-state index contributed by atoms with van der Waals surface area (Å²) in [4.78, 5) is 24.4. The number of para-hydroxylation sites is 1. The summed E-state index contributed by atoms with van der Waals surface area (Å²) in [6, 6.07) is 11.3. The van der Waals surface area contributed by atoms with Gasteiger partial charge in [-0.25, -0.2) is 0 Å². The Labute approximate surface area is 126 Å². The maximum Gasteiger partial charge on any atom is 0.266 e. The summed E-state index contributed by atoms with van der Waals surface area (Å²) < 4.78 is 1.95. The van der Waals surface area contributed by atoms with Gasteiger partial charge in [0.15, 0.2) is 6.29 Å². The number of nitrogens with one attached hydrogen (secondary N) is 1. The number of aryl methyl sites for hydroxylation is 1. The molecule has 0 aliphatic carbocycles. The van der Waals surface area contributed by atoms with Gasteiger partial charge in [-0.05, 0) is 24.4 Å². The highest BCUT2D eigenvalue weighted by Gasteiger charge is 2.18. The van der Waals surface area contributed by atoms with E-state index >= 15 is 0 Å². The predicted molar refractivity (Wildman–Crippen MR) is 85.3 cm³/mol. The van der Waals surface area contributed by atoms with Gasteiger partial charge in [0.2, 0.25) is 0 Å². The second-order valence-electron chi connectivity index (χ2n) is 4.57. The molecule has 0 unspecified atom stereocenters. The minimum atomic E-state index is -0.189. The van der Waals surface area contributed by atoms with Gasteiger partial charge in [-0.2, -0.15) is 0 Å². The molecular weight excluding hydrogens is 284 g/mol. The maximum atomic E-state index is 12.3. The largest absolute Gasteiger partial charge is 0.327 e. The highest BCUT2D eigenvalue weighted by molar-refractivity contribution is 7.12. The molecule has 3 aromatic rings. The van der Waals surface area contributed by atoms with Crippen LogP contribution in [0.3, 0.4) is 0 Å². The van der Waals surface area contributed by atoms with Gasteiger partial charge in [0.1, 0.15) is 5.82 Å². The maximum absolute atomic E-state index is 12.3. The van der Waals surface area contributed by atoms with Crippen LogP contribution in [-0.4, -0.2) is 16.8 Å². The number of nitrogens with zero attached hydrogens (tertiary/aromatic N) is 1. The second-order valence-corrected chi connectivity index (χ2v) is 5.52. The SMILES string of the molecule is CCn1c(NC(=O)c2cccs2)c(C=O)c2ccccc21. The number of thiophene rings is 1. The quantitative estimate of drug-likeness (QED) is 0.745. The number of hydrogen-bond acceptors (Lipinski definition) is 3. The van der Waals surface area contributed by atoms with Crippen LogP contribution in [0.2, 0.25) is 0 Å². The Morgan fingerprint density at radius 1 is 1.29 bits per heavy atom. The highest BCUT2D eigenvalue weighted by atomic mass is 32.1. The first-order valence-corrected chi connectivity index (χ1v) is 7.55. The number of amides is 1. The number of aldehydes is 1. The molecular formula is C16H14N2O2S. The van der Waals surface area contributed by atoms with Gasteiger partial charge >= 0.3 is 0 Å². The molecule has 0 spiro atoms. The third-order valence-electron chi connectivity index (χ3n) is 3.42. The van der Waals surface area contributed by atoms with Crippen LogP contribution in [0.25, 0.3) is 10.9 Å². The molecule has 2 aromatic heterocycles. The molecule has 21 heavy (non-hydrogen) atoms. The molecule has 0 bridgehead atoms. The van der Waals surface area contributed by atoms with Crippen LogP contribution in [0, 0.1) is 0 Å². The van der Waals surface area contributed by atoms with Crippen molar-refractivity contribution in [3.8, 4) is 0 Å². The van der Waals surface area contributed by atoms with Crippen LogP contribution >= 0.6 is 11.3 Å². The normalized spacial score (nSPS) is 10.7. The molecule has 0 saturated carbocycles. The Morgan fingerprint density at radius 2 is 2.10 bits per heavy atom. The van der Waals surface area contributed by atoms with E-state index in [2.05, 4.69) is 5.32 Å². The minimum absolute atomic E-state index is 0.189. The third kappa shape index (κ3) is 2.25. The summed E-state index contributed by atoms with van der Waals surface area (Å²) in [5.41, 5.74) is 1.47. The van der Waals surface area contributed by atoms with E-state index in [4.69, 9.17) is 0 Å². The van der Waals surface area contributed by atoms with Crippen molar-refractivity contribution >= 4 is 40.3 Å². The first-order chi connectivity index (χ1) is 10.3. The Kier molecular flexibility index (Phi) is 3.58. The van der Waals surface area contributed by atoms with Crippen LogP contribution in [0.1, 0.15) is 27.0 Å². The highest BCUT2D eigenvalue weighted by Crippen LogP contribution is 2.29. The zero-order valence-electron chi connectivity index (χ0n) is 11.5. The average molecular weight is 298 g/mol. The summed E-state index contributed by atoms with van der Waals surface area (Å²) >= 11 is 1.37. The Balaban J connectivity index is 2.12. The molecule has 0 fully saturated rings. The summed E-state index contributed by atoms with van der Waals surface area (Å²) in [6.07, 6.45) is 0.804. The number of hydrogen-bond donors (Lipinski definition) is 1. The predicted octanol–water partition coefficient (Wildman–Crippen LogP) is 3.79. The van der Waals surface area contributed by atoms with E-state index < -0.39 is 0 Å². The van der Waals surface area contributed by atoms with Crippen molar-refractivity contribution in [1.82, 2.24) is 4.57 Å². The number of anilines is 1. The van der Waals surface area contributed by atoms with Gasteiger partial charge < -0.3 is 9.88 Å². The van der Waals surface area contributed by atoms with Crippen LogP contribution < -0.4 is 5.32 Å². The Morgan fingerprint density at radius 3 is 2.76 bits per heavy atom. The van der Waals surface area contributed by atoms with E-state index in [9.17, 15) is 9.59 Å². The first-order valence-electron chi connectivity index (χ1n) is 6.67. The molecule has 1 aromatic carbocycles. The fourth-order valence-corrected chi connectivity index (χ4v) is 3.11. The van der Waals surface area contributed by atoms with Gasteiger partial charge in [0.05, 0.1) is 16.0 Å². The number of aromatic nitrogens is 1. The topological polar surface area (TPSA) is 51.1 Å². The smallest absolute Gasteiger partial charge is 0.266 e. The number of benzene rings is 1. The van der Waals surface area contributed by atoms with Gasteiger partial charge in [-0.1, -0.05) is 24.3 Å². The summed E-state index contributed by atoms with van der Waals surface area (Å²) in [7, 11) is 0. The van der Waals surface area contributed by atoms with Crippen LogP contribution in [0.5, 0.6) is 0 Å². The van der Waals surface area contributed by atoms with Crippen LogP contribution in [0.4, 0.5) is 5.82 Å². The lowest BCUT2D eigenvalue weighted by Crippen LogP contribution is -2.15. The third-order valence-corrected chi connectivity index (χ3v) is 4.29. The average Bonchev–Trinajstić information content (AvgIpc) is 3.13. The molecule has 0 atom stereocenters. The van der Waals surface area contributed by atoms with E-state index in [1.807, 2.05) is 47.2 Å². The molecule has 1 N–H and O–H groups in total. The number of carbonyl (C=O) groups excluding carboxylic acids is 2. The molecule has 0 saturated heterocycles. The molecule has 5 heteroatoms. The van der Waals surface area contributed by atoms with Gasteiger partial charge in [0, 0.05) is 11.9 Å². The fourth-order valence-electron chi connectivity index (χ4n) is 2.49. The van der Waals surface area contributed by atoms with Crippen molar-refractivity contribution in [2.45, 2.75) is 13.5 Å². The molecule has 2 heterocycles. The molecule has 0 radical (unpaired) electrons. The van der Waals surface area contributed by atoms with E-state index in [1.54, 1.807) is 6.07 Å². The molecule has 1 amide bonds. The van der Waals surface area contributed by atoms with Crippen molar-refractivity contribution in [2.24, 2.45) is 0 Å². The fraction of sp³-hybridized carbons (Fsp3) is 0.125. The Bertz CT molecular complexity index is 803. The van der Waals surface area contributed by atoms with Gasteiger partial charge in [-0.15, -0.1) is 11.3 Å². The Hall–Kier alpha value is -2.40. The van der Waals surface area contributed by atoms with Crippen LogP contribution in [-0.2, 0) is 6.54 Å². The summed E-state index contributed by atoms with van der Waals surface area (Å²) in [5, 5.41) is 5.59. The van der Waals surface area contributed by atoms with E-state index in [0.717, 1.165) is 17.2 Å². The summed E-state index contributed by atoms with van der Waals surface area (Å²) in [5.74, 6) is 0.373. The van der Waals surface area contributed by atoms with E-state index in [0.29, 0.717) is 22.8 Å². The van der Waals surface area contributed by atoms with Gasteiger partial charge in [0.25, 0.3) is 5.91 Å². The minimum Gasteiger partial charge on any atom is -0.327 e. The molecule has 3 rings (SSSR count). The van der Waals surface area contributed by atoms with Crippen LogP contribution in [0.15, 0.2) is 41.8 Å². The zero-order chi connectivity index (χ0) is 14.8. The molecule has 0 aliphatic heterocycles. The summed E-state index contributed by atoms with van der Waals surface area (Å²) in [6.45, 7) is 2.66. The van der Waals surface area contributed by atoms with Crippen molar-refractivity contribution in [3.63, 3.8) is 0 Å². The lowest BCUT2D eigenvalue weighted by atomic mass is 10.2. The lowest BCUT2D eigenvalue weighted by Gasteiger charge is -2.09. The van der Waals surface area contributed by atoms with Crippen molar-refractivity contribution < 1.29 is 9.59 Å². The molecule has 4 nitrogen and oxygen atoms in total. The first kappa shape index (κ1) is 13.6. The zero-order valence-corrected chi connectivity index (χ0v) is 12.3. The van der Waals surface area contributed by atoms with Gasteiger partial charge in [-0.3, -0.25) is 9.59 Å². The standard InChI is InChI=1S/C16H14N2O2S/c1-2-18-13-7-4-3-6-11(13)12(10-19)15(18)17-16(20)14-8-5-9-21-14/h3-10H,2H2,1H3,(H,17,20). The van der Waals surface area contributed by atoms with Crippen molar-refractivity contribution in [3.05, 3.63) is 52.2 Å². The second kappa shape index (κ2) is 5.54. The molecule has 106 valence electrons. The number of carbonyl (C=O) groups is 2. The molecule has 0 aliphatic rings. The lowest BCUT2D eigenvalue weighted by molar-refractivity contribution is 0.103. The number of fused-ring (bicyclic) bond motifs is 1. The van der Waals surface area contributed by atoms with E-state index in [1.165, 1.54) is 11.3 Å². The number of rotatable bonds is 4. The monoisotopic (exact) mass is 298 g/mol. The van der Waals surface area contributed by atoms with E-state index in [-0.39, 0.29) is 5.91 Å². The van der Waals surface area contributed by atoms with Crippen molar-refractivity contribution in [1.29, 1.82) is 0 Å².